The molecule has 0 radical (unpaired) electrons. The van der Waals surface area contributed by atoms with Crippen LogP contribution in [0, 0.1) is 17.7 Å². The van der Waals surface area contributed by atoms with Gasteiger partial charge < -0.3 is 5.11 Å². The van der Waals surface area contributed by atoms with Gasteiger partial charge in [-0.2, -0.15) is 0 Å². The molecular weight excluding hydrogens is 269 g/mol. The average molecular weight is 285 g/mol. The minimum Gasteiger partial charge on any atom is -0.384 e. The van der Waals surface area contributed by atoms with Gasteiger partial charge in [0, 0.05) is 5.69 Å². The van der Waals surface area contributed by atoms with Crippen molar-refractivity contribution < 1.29 is 17.9 Å². The molecule has 1 rings (SSSR count). The number of rotatable bonds is 2. The zero-order chi connectivity index (χ0) is 14.7. The summed E-state index contributed by atoms with van der Waals surface area (Å²) in [4.78, 5) is 0. The molecule has 0 amide bonds. The van der Waals surface area contributed by atoms with Gasteiger partial charge in [-0.05, 0) is 39.0 Å². The number of nitrogens with one attached hydrogen (secondary N) is 1. The molecule has 0 fully saturated rings. The fraction of sp³-hybridized carbons (Fsp3) is 0.385. The number of hydrogen-bond acceptors (Lipinski definition) is 3. The van der Waals surface area contributed by atoms with Crippen molar-refractivity contribution in [3.63, 3.8) is 0 Å². The lowest BCUT2D eigenvalue weighted by Crippen LogP contribution is -2.33. The number of sulfonamides is 1. The van der Waals surface area contributed by atoms with Gasteiger partial charge in [-0.25, -0.2) is 12.8 Å². The van der Waals surface area contributed by atoms with Gasteiger partial charge in [0.15, 0.2) is 0 Å². The SMILES string of the molecule is CC(C)(C)S(=O)(=O)Nc1ccc(F)c(C#CCO)c1. The third-order valence-electron chi connectivity index (χ3n) is 2.33. The van der Waals surface area contributed by atoms with E-state index in [1.165, 1.54) is 12.1 Å². The average Bonchev–Trinajstić information content (AvgIpc) is 2.28. The van der Waals surface area contributed by atoms with Crippen molar-refractivity contribution in [1.82, 2.24) is 0 Å². The molecule has 104 valence electrons. The van der Waals surface area contributed by atoms with Gasteiger partial charge in [-0.15, -0.1) is 0 Å². The molecule has 1 aromatic carbocycles. The van der Waals surface area contributed by atoms with E-state index in [-0.39, 0.29) is 11.3 Å². The normalized spacial score (nSPS) is 11.6. The summed E-state index contributed by atoms with van der Waals surface area (Å²) in [5.74, 6) is 4.16. The molecule has 1 aromatic rings. The van der Waals surface area contributed by atoms with Crippen LogP contribution in [0.15, 0.2) is 18.2 Å². The maximum atomic E-state index is 13.4. The number of anilines is 1. The Hall–Kier alpha value is -1.58. The van der Waals surface area contributed by atoms with Crippen LogP contribution in [0.1, 0.15) is 26.3 Å². The first-order valence-corrected chi connectivity index (χ1v) is 7.07. The van der Waals surface area contributed by atoms with Crippen LogP contribution < -0.4 is 4.72 Å². The molecule has 19 heavy (non-hydrogen) atoms. The molecule has 0 saturated carbocycles. The minimum atomic E-state index is -3.57. The highest BCUT2D eigenvalue weighted by Gasteiger charge is 2.28. The maximum Gasteiger partial charge on any atom is 0.237 e. The van der Waals surface area contributed by atoms with Crippen molar-refractivity contribution in [3.8, 4) is 11.8 Å². The third kappa shape index (κ3) is 3.94. The Balaban J connectivity index is 3.11. The second-order valence-corrected chi connectivity index (χ2v) is 7.31. The second-order valence-electron chi connectivity index (χ2n) is 4.87. The summed E-state index contributed by atoms with van der Waals surface area (Å²) in [5.41, 5.74) is 0.265. The first-order valence-electron chi connectivity index (χ1n) is 5.59. The Morgan fingerprint density at radius 3 is 2.53 bits per heavy atom. The Morgan fingerprint density at radius 1 is 1.37 bits per heavy atom. The van der Waals surface area contributed by atoms with Crippen LogP contribution in [0.2, 0.25) is 0 Å². The molecule has 0 saturated heterocycles. The van der Waals surface area contributed by atoms with E-state index in [0.717, 1.165) is 6.07 Å². The summed E-state index contributed by atoms with van der Waals surface area (Å²) in [6.07, 6.45) is 0. The summed E-state index contributed by atoms with van der Waals surface area (Å²) in [6.45, 7) is 4.29. The van der Waals surface area contributed by atoms with Crippen LogP contribution in [-0.4, -0.2) is 24.9 Å². The Bertz CT molecular complexity index is 622. The van der Waals surface area contributed by atoms with Crippen LogP contribution in [0.4, 0.5) is 10.1 Å². The number of halogens is 1. The van der Waals surface area contributed by atoms with E-state index in [0.29, 0.717) is 0 Å². The topological polar surface area (TPSA) is 66.4 Å². The minimum absolute atomic E-state index is 0.0307. The molecule has 0 aromatic heterocycles. The van der Waals surface area contributed by atoms with E-state index >= 15 is 0 Å². The summed E-state index contributed by atoms with van der Waals surface area (Å²) in [5, 5.41) is 8.57. The van der Waals surface area contributed by atoms with E-state index < -0.39 is 27.2 Å². The van der Waals surface area contributed by atoms with Crippen molar-refractivity contribution in [2.45, 2.75) is 25.5 Å². The lowest BCUT2D eigenvalue weighted by molar-refractivity contribution is 0.350. The Labute approximate surface area is 112 Å². The molecule has 0 aliphatic carbocycles. The zero-order valence-electron chi connectivity index (χ0n) is 11.0. The van der Waals surface area contributed by atoms with Gasteiger partial charge in [0.1, 0.15) is 12.4 Å². The molecule has 0 atom stereocenters. The quantitative estimate of drug-likeness (QED) is 0.813. The van der Waals surface area contributed by atoms with Crippen molar-refractivity contribution in [3.05, 3.63) is 29.6 Å². The van der Waals surface area contributed by atoms with E-state index in [9.17, 15) is 12.8 Å². The van der Waals surface area contributed by atoms with Crippen LogP contribution in [-0.2, 0) is 10.0 Å². The molecule has 0 heterocycles. The predicted octanol–water partition coefficient (Wildman–Crippen LogP) is 1.71. The summed E-state index contributed by atoms with van der Waals surface area (Å²) >= 11 is 0. The summed E-state index contributed by atoms with van der Waals surface area (Å²) in [6, 6.07) is 3.74. The lowest BCUT2D eigenvalue weighted by atomic mass is 10.2. The third-order valence-corrected chi connectivity index (χ3v) is 4.44. The van der Waals surface area contributed by atoms with Gasteiger partial charge in [0.2, 0.25) is 10.0 Å². The highest BCUT2D eigenvalue weighted by Crippen LogP contribution is 2.21. The molecular formula is C13H16FNO3S. The first-order chi connectivity index (χ1) is 8.67. The number of benzene rings is 1. The second kappa shape index (κ2) is 5.59. The van der Waals surface area contributed by atoms with Crippen LogP contribution in [0.5, 0.6) is 0 Å². The van der Waals surface area contributed by atoms with Gasteiger partial charge in [0.05, 0.1) is 10.3 Å². The van der Waals surface area contributed by atoms with Crippen LogP contribution >= 0.6 is 0 Å². The number of aliphatic hydroxyl groups is 1. The van der Waals surface area contributed by atoms with Gasteiger partial charge in [-0.3, -0.25) is 4.72 Å². The van der Waals surface area contributed by atoms with E-state index in [2.05, 4.69) is 16.6 Å². The molecule has 0 aliphatic heterocycles. The highest BCUT2D eigenvalue weighted by molar-refractivity contribution is 7.94. The van der Waals surface area contributed by atoms with Crippen molar-refractivity contribution in [2.75, 3.05) is 11.3 Å². The Morgan fingerprint density at radius 2 is 2.00 bits per heavy atom. The molecule has 0 spiro atoms. The molecule has 4 nitrogen and oxygen atoms in total. The largest absolute Gasteiger partial charge is 0.384 e. The highest BCUT2D eigenvalue weighted by atomic mass is 32.2. The first kappa shape index (κ1) is 15.5. The zero-order valence-corrected chi connectivity index (χ0v) is 11.8. The van der Waals surface area contributed by atoms with E-state index in [4.69, 9.17) is 5.11 Å². The maximum absolute atomic E-state index is 13.4. The Kier molecular flexibility index (Phi) is 4.56. The number of hydrogen-bond donors (Lipinski definition) is 2. The molecule has 0 unspecified atom stereocenters. The predicted molar refractivity (Wildman–Crippen MR) is 72.7 cm³/mol. The lowest BCUT2D eigenvalue weighted by Gasteiger charge is -2.20. The summed E-state index contributed by atoms with van der Waals surface area (Å²) < 4.78 is 38.7. The van der Waals surface area contributed by atoms with Gasteiger partial charge in [0.25, 0.3) is 0 Å². The van der Waals surface area contributed by atoms with Gasteiger partial charge in [-0.1, -0.05) is 11.8 Å². The van der Waals surface area contributed by atoms with Crippen molar-refractivity contribution in [1.29, 1.82) is 0 Å². The van der Waals surface area contributed by atoms with Crippen molar-refractivity contribution >= 4 is 15.7 Å². The fourth-order valence-corrected chi connectivity index (χ4v) is 1.87. The standard InChI is InChI=1S/C13H16FNO3S/c1-13(2,3)19(17,18)15-11-6-7-12(14)10(9-11)5-4-8-16/h6-7,9,15-16H,8H2,1-3H3. The van der Waals surface area contributed by atoms with Crippen LogP contribution in [0.3, 0.4) is 0 Å². The molecule has 2 N–H and O–H groups in total. The fourth-order valence-electron chi connectivity index (χ4n) is 1.13. The van der Waals surface area contributed by atoms with E-state index in [1.807, 2.05) is 0 Å². The number of aliphatic hydroxyl groups excluding tert-OH is 1. The van der Waals surface area contributed by atoms with Crippen molar-refractivity contribution in [2.24, 2.45) is 0 Å². The van der Waals surface area contributed by atoms with E-state index in [1.54, 1.807) is 20.8 Å². The monoisotopic (exact) mass is 285 g/mol. The summed E-state index contributed by atoms with van der Waals surface area (Å²) in [7, 11) is -3.57. The smallest absolute Gasteiger partial charge is 0.237 e. The molecule has 0 bridgehead atoms. The molecule has 0 aliphatic rings. The van der Waals surface area contributed by atoms with Crippen LogP contribution in [0.25, 0.3) is 0 Å². The molecule has 6 heteroatoms. The van der Waals surface area contributed by atoms with Gasteiger partial charge >= 0.3 is 0 Å².